The number of nitrogens with one attached hydrogen (secondary N) is 1. The molecule has 1 atom stereocenters. The number of amides is 1. The van der Waals surface area contributed by atoms with Crippen molar-refractivity contribution in [1.82, 2.24) is 9.55 Å². The van der Waals surface area contributed by atoms with Crippen LogP contribution in [0.15, 0.2) is 48.8 Å². The molecule has 2 aromatic heterocycles. The van der Waals surface area contributed by atoms with E-state index < -0.39 is 6.36 Å². The molecule has 146 valence electrons. The minimum absolute atomic E-state index is 0.0130. The summed E-state index contributed by atoms with van der Waals surface area (Å²) >= 11 is 0. The molecule has 0 saturated heterocycles. The first-order valence-electron chi connectivity index (χ1n) is 8.93. The van der Waals surface area contributed by atoms with Gasteiger partial charge in [-0.25, -0.2) is 4.98 Å². The summed E-state index contributed by atoms with van der Waals surface area (Å²) in [5, 5.41) is 3.47. The Labute approximate surface area is 159 Å². The maximum atomic E-state index is 12.4. The molecule has 1 amide bonds. The Balaban J connectivity index is 1.58. The highest BCUT2D eigenvalue weighted by Crippen LogP contribution is 2.32. The van der Waals surface area contributed by atoms with E-state index in [-0.39, 0.29) is 23.6 Å². The minimum Gasteiger partial charge on any atom is -0.406 e. The zero-order valence-corrected chi connectivity index (χ0v) is 15.0. The number of carbonyl (C=O) groups is 1. The molecule has 1 fully saturated rings. The molecule has 28 heavy (non-hydrogen) atoms. The predicted molar refractivity (Wildman–Crippen MR) is 98.0 cm³/mol. The number of benzene rings is 1. The van der Waals surface area contributed by atoms with Gasteiger partial charge in [0, 0.05) is 29.2 Å². The van der Waals surface area contributed by atoms with Gasteiger partial charge < -0.3 is 14.6 Å². The lowest BCUT2D eigenvalue weighted by Crippen LogP contribution is -2.17. The quantitative estimate of drug-likeness (QED) is 0.676. The van der Waals surface area contributed by atoms with E-state index in [4.69, 9.17) is 0 Å². The van der Waals surface area contributed by atoms with Gasteiger partial charge in [-0.3, -0.25) is 4.79 Å². The van der Waals surface area contributed by atoms with Crippen LogP contribution in [0.3, 0.4) is 0 Å². The number of halogens is 3. The first-order chi connectivity index (χ1) is 13.3. The Morgan fingerprint density at radius 2 is 2.04 bits per heavy atom. The van der Waals surface area contributed by atoms with Crippen LogP contribution in [0.25, 0.3) is 10.9 Å². The van der Waals surface area contributed by atoms with Gasteiger partial charge in [0.05, 0.1) is 6.04 Å². The van der Waals surface area contributed by atoms with Gasteiger partial charge in [-0.2, -0.15) is 0 Å². The van der Waals surface area contributed by atoms with Crippen LogP contribution in [-0.4, -0.2) is 21.8 Å². The lowest BCUT2D eigenvalue weighted by Gasteiger charge is -2.17. The molecule has 1 aliphatic rings. The average molecular weight is 389 g/mol. The van der Waals surface area contributed by atoms with Gasteiger partial charge in [-0.05, 0) is 61.7 Å². The summed E-state index contributed by atoms with van der Waals surface area (Å²) in [5.74, 6) is 0.322. The summed E-state index contributed by atoms with van der Waals surface area (Å²) in [6, 6.07) is 9.57. The zero-order valence-electron chi connectivity index (χ0n) is 15.0. The van der Waals surface area contributed by atoms with E-state index in [0.29, 0.717) is 11.2 Å². The fraction of sp³-hybridized carbons (Fsp3) is 0.300. The van der Waals surface area contributed by atoms with Gasteiger partial charge in [-0.1, -0.05) is 0 Å². The van der Waals surface area contributed by atoms with Crippen LogP contribution in [0.5, 0.6) is 5.75 Å². The summed E-state index contributed by atoms with van der Waals surface area (Å²) in [4.78, 5) is 16.1. The number of nitrogens with zero attached hydrogens (tertiary/aromatic N) is 2. The lowest BCUT2D eigenvalue weighted by molar-refractivity contribution is -0.274. The molecule has 1 aliphatic carbocycles. The number of anilines is 1. The van der Waals surface area contributed by atoms with E-state index in [1.165, 1.54) is 12.1 Å². The highest BCUT2D eigenvalue weighted by Gasteiger charge is 2.31. The monoisotopic (exact) mass is 389 g/mol. The molecule has 2 heterocycles. The Hall–Kier alpha value is -3.03. The topological polar surface area (TPSA) is 56.2 Å². The molecular formula is C20H18F3N3O2. The van der Waals surface area contributed by atoms with Crippen LogP contribution in [-0.2, 0) is 4.79 Å². The number of pyridine rings is 1. The number of alkyl halides is 3. The molecule has 8 heteroatoms. The summed E-state index contributed by atoms with van der Waals surface area (Å²) in [7, 11) is 0. The van der Waals surface area contributed by atoms with Gasteiger partial charge in [0.15, 0.2) is 0 Å². The Kier molecular flexibility index (Phi) is 4.49. The first kappa shape index (κ1) is 18.3. The van der Waals surface area contributed by atoms with Crippen molar-refractivity contribution in [2.45, 2.75) is 32.2 Å². The molecule has 3 aromatic rings. The second-order valence-electron chi connectivity index (χ2n) is 6.91. The van der Waals surface area contributed by atoms with Crippen molar-refractivity contribution in [2.24, 2.45) is 5.92 Å². The smallest absolute Gasteiger partial charge is 0.406 e. The molecule has 0 spiro atoms. The Bertz CT molecular complexity index is 1020. The molecule has 4 rings (SSSR count). The summed E-state index contributed by atoms with van der Waals surface area (Å²) in [5.41, 5.74) is 1.71. The maximum absolute atomic E-state index is 12.4. The van der Waals surface area contributed by atoms with Crippen LogP contribution in [0.2, 0.25) is 0 Å². The molecule has 0 bridgehead atoms. The number of hydrogen-bond acceptors (Lipinski definition) is 3. The number of aromatic nitrogens is 2. The third-order valence-corrected chi connectivity index (χ3v) is 4.81. The summed E-state index contributed by atoms with van der Waals surface area (Å²) in [6.45, 7) is 1.97. The second-order valence-corrected chi connectivity index (χ2v) is 6.91. The second kappa shape index (κ2) is 6.85. The van der Waals surface area contributed by atoms with Gasteiger partial charge in [-0.15, -0.1) is 13.2 Å². The summed E-state index contributed by atoms with van der Waals surface area (Å²) in [6.07, 6.45) is 0.557. The largest absolute Gasteiger partial charge is 0.573 e. The molecule has 1 N–H and O–H groups in total. The van der Waals surface area contributed by atoms with Crippen molar-refractivity contribution in [3.63, 3.8) is 0 Å². The molecule has 0 radical (unpaired) electrons. The third kappa shape index (κ3) is 3.95. The number of rotatable bonds is 5. The van der Waals surface area contributed by atoms with Crippen LogP contribution >= 0.6 is 0 Å². The van der Waals surface area contributed by atoms with Crippen molar-refractivity contribution in [3.05, 3.63) is 54.4 Å². The van der Waals surface area contributed by atoms with Crippen molar-refractivity contribution < 1.29 is 22.7 Å². The van der Waals surface area contributed by atoms with E-state index >= 15 is 0 Å². The zero-order chi connectivity index (χ0) is 19.9. The minimum atomic E-state index is -4.72. The number of ether oxygens (including phenoxy) is 1. The van der Waals surface area contributed by atoms with E-state index in [9.17, 15) is 18.0 Å². The van der Waals surface area contributed by atoms with Gasteiger partial charge in [0.1, 0.15) is 11.6 Å². The average Bonchev–Trinajstić information content (AvgIpc) is 3.40. The maximum Gasteiger partial charge on any atom is 0.573 e. The molecule has 1 unspecified atom stereocenters. The SMILES string of the molecule is CC(c1ccnc(NC(=O)C2CC2)c1)n1ccc2cc(OC(F)(F)F)ccc21. The lowest BCUT2D eigenvalue weighted by atomic mass is 10.1. The molecule has 1 aromatic carbocycles. The van der Waals surface area contributed by atoms with E-state index in [1.54, 1.807) is 18.3 Å². The van der Waals surface area contributed by atoms with Crippen molar-refractivity contribution in [1.29, 1.82) is 0 Å². The van der Waals surface area contributed by atoms with Crippen LogP contribution in [0.1, 0.15) is 31.4 Å². The third-order valence-electron chi connectivity index (χ3n) is 4.81. The normalized spacial score (nSPS) is 15.4. The molecular weight excluding hydrogens is 371 g/mol. The fourth-order valence-corrected chi connectivity index (χ4v) is 3.19. The van der Waals surface area contributed by atoms with E-state index in [1.807, 2.05) is 29.8 Å². The summed E-state index contributed by atoms with van der Waals surface area (Å²) < 4.78 is 43.2. The van der Waals surface area contributed by atoms with E-state index in [2.05, 4.69) is 15.0 Å². The number of carbonyl (C=O) groups excluding carboxylic acids is 1. The van der Waals surface area contributed by atoms with Crippen molar-refractivity contribution in [2.75, 3.05) is 5.32 Å². The van der Waals surface area contributed by atoms with E-state index in [0.717, 1.165) is 23.9 Å². The standard InChI is InChI=1S/C20H18F3N3O2/c1-12(14-6-8-24-18(11-14)25-19(27)13-2-3-13)26-9-7-15-10-16(4-5-17(15)26)28-20(21,22)23/h4-13H,2-3H2,1H3,(H,24,25,27). The highest BCUT2D eigenvalue weighted by atomic mass is 19.4. The van der Waals surface area contributed by atoms with Crippen LogP contribution in [0.4, 0.5) is 19.0 Å². The number of hydrogen-bond donors (Lipinski definition) is 1. The molecule has 0 aliphatic heterocycles. The highest BCUT2D eigenvalue weighted by molar-refractivity contribution is 5.93. The van der Waals surface area contributed by atoms with Crippen molar-refractivity contribution in [3.8, 4) is 5.75 Å². The Morgan fingerprint density at radius 3 is 2.75 bits per heavy atom. The van der Waals surface area contributed by atoms with Gasteiger partial charge in [0.25, 0.3) is 0 Å². The predicted octanol–water partition coefficient (Wildman–Crippen LogP) is 4.89. The Morgan fingerprint density at radius 1 is 1.25 bits per heavy atom. The van der Waals surface area contributed by atoms with Crippen molar-refractivity contribution >= 4 is 22.6 Å². The van der Waals surface area contributed by atoms with Gasteiger partial charge >= 0.3 is 6.36 Å². The number of fused-ring (bicyclic) bond motifs is 1. The molecule has 5 nitrogen and oxygen atoms in total. The van der Waals surface area contributed by atoms with Crippen LogP contribution < -0.4 is 10.1 Å². The first-order valence-corrected chi connectivity index (χ1v) is 8.93. The van der Waals surface area contributed by atoms with Gasteiger partial charge in [0.2, 0.25) is 5.91 Å². The molecule has 1 saturated carbocycles. The van der Waals surface area contributed by atoms with Crippen LogP contribution in [0, 0.1) is 5.92 Å². The fourth-order valence-electron chi connectivity index (χ4n) is 3.19.